The number of amides is 1. The Hall–Kier alpha value is -2.96. The highest BCUT2D eigenvalue weighted by Crippen LogP contribution is 2.18. The first kappa shape index (κ1) is 13.5. The minimum Gasteiger partial charge on any atom is -0.479 e. The minimum atomic E-state index is -1.15. The first-order valence-electron chi connectivity index (χ1n) is 5.65. The summed E-state index contributed by atoms with van der Waals surface area (Å²) in [6.45, 7) is -0.566. The number of hydrogen-bond acceptors (Lipinski definition) is 5. The SMILES string of the molecule is NC(=O)c1cc(OCC(=O)O)nc(-c2ccccc2)n1. The summed E-state index contributed by atoms with van der Waals surface area (Å²) in [5.41, 5.74) is 5.80. The van der Waals surface area contributed by atoms with Crippen molar-refractivity contribution in [2.24, 2.45) is 5.73 Å². The summed E-state index contributed by atoms with van der Waals surface area (Å²) in [4.78, 5) is 29.8. The van der Waals surface area contributed by atoms with E-state index in [1.807, 2.05) is 6.07 Å². The van der Waals surface area contributed by atoms with Crippen LogP contribution < -0.4 is 10.5 Å². The molecule has 7 nitrogen and oxygen atoms in total. The molecule has 0 radical (unpaired) electrons. The molecule has 0 fully saturated rings. The number of carboxylic acids is 1. The van der Waals surface area contributed by atoms with Gasteiger partial charge in [0.2, 0.25) is 5.88 Å². The second-order valence-corrected chi connectivity index (χ2v) is 3.83. The molecule has 2 rings (SSSR count). The molecule has 1 heterocycles. The van der Waals surface area contributed by atoms with Crippen LogP contribution in [0, 0.1) is 0 Å². The molecule has 20 heavy (non-hydrogen) atoms. The molecule has 0 atom stereocenters. The average Bonchev–Trinajstić information content (AvgIpc) is 2.45. The van der Waals surface area contributed by atoms with Crippen LogP contribution in [0.2, 0.25) is 0 Å². The molecule has 0 aliphatic heterocycles. The third kappa shape index (κ3) is 3.29. The van der Waals surface area contributed by atoms with Crippen LogP contribution in [0.3, 0.4) is 0 Å². The maximum Gasteiger partial charge on any atom is 0.341 e. The molecule has 1 aromatic carbocycles. The van der Waals surface area contributed by atoms with E-state index in [1.165, 1.54) is 6.07 Å². The van der Waals surface area contributed by atoms with Crippen molar-refractivity contribution in [1.82, 2.24) is 9.97 Å². The number of nitrogens with two attached hydrogens (primary N) is 1. The zero-order valence-electron chi connectivity index (χ0n) is 10.3. The van der Waals surface area contributed by atoms with Gasteiger partial charge in [0, 0.05) is 11.6 Å². The Balaban J connectivity index is 2.41. The normalized spacial score (nSPS) is 10.0. The van der Waals surface area contributed by atoms with E-state index in [0.29, 0.717) is 5.56 Å². The number of primary amides is 1. The van der Waals surface area contributed by atoms with Crippen molar-refractivity contribution in [2.45, 2.75) is 0 Å². The van der Waals surface area contributed by atoms with Gasteiger partial charge in [-0.2, -0.15) is 4.98 Å². The first-order valence-corrected chi connectivity index (χ1v) is 5.65. The fourth-order valence-electron chi connectivity index (χ4n) is 1.48. The molecule has 102 valence electrons. The molecule has 0 saturated carbocycles. The van der Waals surface area contributed by atoms with Crippen LogP contribution >= 0.6 is 0 Å². The average molecular weight is 273 g/mol. The Morgan fingerprint density at radius 1 is 1.20 bits per heavy atom. The lowest BCUT2D eigenvalue weighted by Gasteiger charge is -2.06. The zero-order chi connectivity index (χ0) is 14.5. The number of rotatable bonds is 5. The maximum atomic E-state index is 11.2. The number of ether oxygens (including phenoxy) is 1. The standard InChI is InChI=1S/C13H11N3O4/c14-12(19)9-6-10(20-7-11(17)18)16-13(15-9)8-4-2-1-3-5-8/h1-6H,7H2,(H2,14,19)(H,17,18). The van der Waals surface area contributed by atoms with Gasteiger partial charge in [0.25, 0.3) is 5.91 Å². The summed E-state index contributed by atoms with van der Waals surface area (Å²) >= 11 is 0. The highest BCUT2D eigenvalue weighted by atomic mass is 16.5. The van der Waals surface area contributed by atoms with Crippen molar-refractivity contribution >= 4 is 11.9 Å². The number of aliphatic carboxylic acids is 1. The number of carbonyl (C=O) groups excluding carboxylic acids is 1. The summed E-state index contributed by atoms with van der Waals surface area (Å²) < 4.78 is 4.96. The summed E-state index contributed by atoms with van der Waals surface area (Å²) in [6, 6.07) is 10.1. The molecule has 0 spiro atoms. The zero-order valence-corrected chi connectivity index (χ0v) is 10.3. The van der Waals surface area contributed by atoms with Crippen molar-refractivity contribution < 1.29 is 19.4 Å². The number of hydrogen-bond donors (Lipinski definition) is 2. The van der Waals surface area contributed by atoms with Gasteiger partial charge in [-0.05, 0) is 0 Å². The fourth-order valence-corrected chi connectivity index (χ4v) is 1.48. The van der Waals surface area contributed by atoms with Crippen LogP contribution in [0.1, 0.15) is 10.5 Å². The van der Waals surface area contributed by atoms with Crippen LogP contribution in [-0.4, -0.2) is 33.6 Å². The van der Waals surface area contributed by atoms with Crippen molar-refractivity contribution in [3.8, 4) is 17.3 Å². The van der Waals surface area contributed by atoms with Gasteiger partial charge in [0.05, 0.1) is 0 Å². The predicted octanol–water partition coefficient (Wildman–Crippen LogP) is 0.706. The lowest BCUT2D eigenvalue weighted by Crippen LogP contribution is -2.16. The summed E-state index contributed by atoms with van der Waals surface area (Å²) in [7, 11) is 0. The van der Waals surface area contributed by atoms with Gasteiger partial charge in [0.15, 0.2) is 12.4 Å². The number of aromatic nitrogens is 2. The predicted molar refractivity (Wildman–Crippen MR) is 69.1 cm³/mol. The van der Waals surface area contributed by atoms with Crippen molar-refractivity contribution in [2.75, 3.05) is 6.61 Å². The van der Waals surface area contributed by atoms with Crippen LogP contribution in [0.5, 0.6) is 5.88 Å². The monoisotopic (exact) mass is 273 g/mol. The molecule has 0 aliphatic carbocycles. The lowest BCUT2D eigenvalue weighted by molar-refractivity contribution is -0.139. The summed E-state index contributed by atoms with van der Waals surface area (Å²) in [6.07, 6.45) is 0. The van der Waals surface area contributed by atoms with Crippen LogP contribution in [0.4, 0.5) is 0 Å². The second-order valence-electron chi connectivity index (χ2n) is 3.83. The summed E-state index contributed by atoms with van der Waals surface area (Å²) in [5, 5.41) is 8.58. The first-order chi connectivity index (χ1) is 9.56. The third-order valence-corrected chi connectivity index (χ3v) is 2.33. The Morgan fingerprint density at radius 3 is 2.50 bits per heavy atom. The van der Waals surface area contributed by atoms with Gasteiger partial charge in [-0.3, -0.25) is 4.79 Å². The molecular weight excluding hydrogens is 262 g/mol. The van der Waals surface area contributed by atoms with Gasteiger partial charge < -0.3 is 15.6 Å². The maximum absolute atomic E-state index is 11.2. The molecule has 1 amide bonds. The van der Waals surface area contributed by atoms with Crippen molar-refractivity contribution in [3.05, 3.63) is 42.1 Å². The number of nitrogens with zero attached hydrogens (tertiary/aromatic N) is 2. The smallest absolute Gasteiger partial charge is 0.341 e. The lowest BCUT2D eigenvalue weighted by atomic mass is 10.2. The van der Waals surface area contributed by atoms with E-state index in [2.05, 4.69) is 9.97 Å². The van der Waals surface area contributed by atoms with Gasteiger partial charge in [-0.15, -0.1) is 0 Å². The van der Waals surface area contributed by atoms with E-state index in [9.17, 15) is 9.59 Å². The molecule has 0 unspecified atom stereocenters. The van der Waals surface area contributed by atoms with Crippen LogP contribution in [0.15, 0.2) is 36.4 Å². The second kappa shape index (κ2) is 5.79. The molecule has 3 N–H and O–H groups in total. The van der Waals surface area contributed by atoms with Crippen LogP contribution in [-0.2, 0) is 4.79 Å². The summed E-state index contributed by atoms with van der Waals surface area (Å²) in [5.74, 6) is -1.67. The van der Waals surface area contributed by atoms with E-state index >= 15 is 0 Å². The van der Waals surface area contributed by atoms with Gasteiger partial charge in [-0.1, -0.05) is 30.3 Å². The van der Waals surface area contributed by atoms with Gasteiger partial charge in [-0.25, -0.2) is 9.78 Å². The Kier molecular flexibility index (Phi) is 3.90. The molecular formula is C13H11N3O4. The highest BCUT2D eigenvalue weighted by Gasteiger charge is 2.12. The molecule has 2 aromatic rings. The largest absolute Gasteiger partial charge is 0.479 e. The quantitative estimate of drug-likeness (QED) is 0.828. The van der Waals surface area contributed by atoms with E-state index in [-0.39, 0.29) is 17.4 Å². The van der Waals surface area contributed by atoms with Gasteiger partial charge >= 0.3 is 5.97 Å². The molecule has 7 heteroatoms. The van der Waals surface area contributed by atoms with Crippen molar-refractivity contribution in [1.29, 1.82) is 0 Å². The Labute approximate surface area is 114 Å². The molecule has 0 bridgehead atoms. The molecule has 0 saturated heterocycles. The van der Waals surface area contributed by atoms with E-state index in [4.69, 9.17) is 15.6 Å². The topological polar surface area (TPSA) is 115 Å². The number of benzene rings is 1. The number of carboxylic acid groups (broad SMARTS) is 1. The molecule has 1 aromatic heterocycles. The van der Waals surface area contributed by atoms with E-state index in [0.717, 1.165) is 0 Å². The minimum absolute atomic E-state index is 0.0185. The highest BCUT2D eigenvalue weighted by molar-refractivity contribution is 5.91. The third-order valence-electron chi connectivity index (χ3n) is 2.33. The fraction of sp³-hybridized carbons (Fsp3) is 0.0769. The van der Waals surface area contributed by atoms with Crippen molar-refractivity contribution in [3.63, 3.8) is 0 Å². The number of carbonyl (C=O) groups is 2. The van der Waals surface area contributed by atoms with E-state index in [1.54, 1.807) is 24.3 Å². The van der Waals surface area contributed by atoms with Gasteiger partial charge in [0.1, 0.15) is 5.69 Å². The Morgan fingerprint density at radius 2 is 1.90 bits per heavy atom. The van der Waals surface area contributed by atoms with E-state index < -0.39 is 18.5 Å². The molecule has 0 aliphatic rings. The van der Waals surface area contributed by atoms with Crippen LogP contribution in [0.25, 0.3) is 11.4 Å². The Bertz CT molecular complexity index is 643.